The van der Waals surface area contributed by atoms with E-state index in [-0.39, 0.29) is 16.3 Å². The SMILES string of the molecule is Cc1ccc(C)c(Oc2nc(Cl)nnc2Cl)c1C. The molecule has 1 aromatic carbocycles. The minimum absolute atomic E-state index is 0.00245. The number of hydrogen-bond acceptors (Lipinski definition) is 4. The molecule has 6 heteroatoms. The second kappa shape index (κ2) is 5.08. The fraction of sp³-hybridized carbons (Fsp3) is 0.250. The monoisotopic (exact) mass is 283 g/mol. The van der Waals surface area contributed by atoms with E-state index < -0.39 is 0 Å². The Bertz CT molecular complexity index is 602. The molecule has 18 heavy (non-hydrogen) atoms. The van der Waals surface area contributed by atoms with Crippen LogP contribution in [-0.4, -0.2) is 15.2 Å². The number of aryl methyl sites for hydroxylation is 2. The van der Waals surface area contributed by atoms with Gasteiger partial charge in [-0.2, -0.15) is 4.98 Å². The van der Waals surface area contributed by atoms with E-state index in [9.17, 15) is 0 Å². The molecule has 2 aromatic rings. The first-order valence-corrected chi connectivity index (χ1v) is 6.05. The van der Waals surface area contributed by atoms with Gasteiger partial charge in [0.05, 0.1) is 0 Å². The van der Waals surface area contributed by atoms with Gasteiger partial charge >= 0.3 is 0 Å². The minimum atomic E-state index is -0.00245. The van der Waals surface area contributed by atoms with Crippen molar-refractivity contribution in [3.63, 3.8) is 0 Å². The highest BCUT2D eigenvalue weighted by Gasteiger charge is 2.13. The maximum atomic E-state index is 5.87. The van der Waals surface area contributed by atoms with Crippen LogP contribution >= 0.6 is 23.2 Å². The van der Waals surface area contributed by atoms with E-state index in [1.807, 2.05) is 32.9 Å². The Balaban J connectivity index is 2.46. The van der Waals surface area contributed by atoms with Crippen LogP contribution in [0.25, 0.3) is 0 Å². The molecule has 0 unspecified atom stereocenters. The number of hydrogen-bond donors (Lipinski definition) is 0. The highest BCUT2D eigenvalue weighted by Crippen LogP contribution is 2.32. The topological polar surface area (TPSA) is 47.9 Å². The summed E-state index contributed by atoms with van der Waals surface area (Å²) in [4.78, 5) is 3.92. The summed E-state index contributed by atoms with van der Waals surface area (Å²) in [5, 5.41) is 7.27. The number of halogens is 2. The second-order valence-corrected chi connectivity index (χ2v) is 4.63. The zero-order chi connectivity index (χ0) is 13.3. The Morgan fingerprint density at radius 1 is 1.00 bits per heavy atom. The van der Waals surface area contributed by atoms with Crippen LogP contribution in [0.15, 0.2) is 12.1 Å². The van der Waals surface area contributed by atoms with Gasteiger partial charge in [0.1, 0.15) is 5.75 Å². The Morgan fingerprint density at radius 3 is 2.39 bits per heavy atom. The number of rotatable bonds is 2. The predicted molar refractivity (Wildman–Crippen MR) is 70.6 cm³/mol. The Labute approximate surface area is 115 Å². The molecule has 0 fully saturated rings. The van der Waals surface area contributed by atoms with E-state index in [1.165, 1.54) is 0 Å². The number of nitrogens with zero attached hydrogens (tertiary/aromatic N) is 3. The van der Waals surface area contributed by atoms with E-state index in [0.29, 0.717) is 5.75 Å². The van der Waals surface area contributed by atoms with Crippen molar-refractivity contribution < 1.29 is 4.74 Å². The number of aromatic nitrogens is 3. The second-order valence-electron chi connectivity index (χ2n) is 3.93. The number of benzene rings is 1. The average molecular weight is 284 g/mol. The van der Waals surface area contributed by atoms with Gasteiger partial charge in [-0.15, -0.1) is 10.2 Å². The molecule has 0 aliphatic heterocycles. The quantitative estimate of drug-likeness (QED) is 0.839. The third kappa shape index (κ3) is 2.54. The minimum Gasteiger partial charge on any atom is -0.436 e. The van der Waals surface area contributed by atoms with Gasteiger partial charge < -0.3 is 4.74 Å². The molecule has 1 heterocycles. The third-order valence-electron chi connectivity index (χ3n) is 2.66. The summed E-state index contributed by atoms with van der Waals surface area (Å²) in [5.41, 5.74) is 3.14. The first-order chi connectivity index (χ1) is 8.49. The lowest BCUT2D eigenvalue weighted by molar-refractivity contribution is 0.450. The molecule has 0 aliphatic carbocycles. The van der Waals surface area contributed by atoms with Gasteiger partial charge in [-0.3, -0.25) is 0 Å². The van der Waals surface area contributed by atoms with Crippen molar-refractivity contribution in [3.05, 3.63) is 39.3 Å². The normalized spacial score (nSPS) is 10.5. The molecular formula is C12H11Cl2N3O. The Morgan fingerprint density at radius 2 is 1.67 bits per heavy atom. The molecule has 0 N–H and O–H groups in total. The van der Waals surface area contributed by atoms with Crippen molar-refractivity contribution in [3.8, 4) is 11.6 Å². The lowest BCUT2D eigenvalue weighted by Gasteiger charge is -2.13. The zero-order valence-electron chi connectivity index (χ0n) is 10.2. The molecular weight excluding hydrogens is 273 g/mol. The van der Waals surface area contributed by atoms with Crippen molar-refractivity contribution in [1.82, 2.24) is 15.2 Å². The predicted octanol–water partition coefficient (Wildman–Crippen LogP) is 3.90. The maximum Gasteiger partial charge on any atom is 0.262 e. The van der Waals surface area contributed by atoms with Crippen LogP contribution in [-0.2, 0) is 0 Å². The van der Waals surface area contributed by atoms with Crippen LogP contribution in [0.4, 0.5) is 0 Å². The van der Waals surface area contributed by atoms with Crippen LogP contribution in [0.2, 0.25) is 10.4 Å². The van der Waals surface area contributed by atoms with E-state index in [2.05, 4.69) is 15.2 Å². The summed E-state index contributed by atoms with van der Waals surface area (Å²) in [6.45, 7) is 5.93. The number of ether oxygens (including phenoxy) is 1. The molecule has 0 saturated heterocycles. The summed E-state index contributed by atoms with van der Waals surface area (Å²) in [6, 6.07) is 4.01. The Kier molecular flexibility index (Phi) is 3.68. The van der Waals surface area contributed by atoms with Crippen LogP contribution in [0.3, 0.4) is 0 Å². The van der Waals surface area contributed by atoms with E-state index in [1.54, 1.807) is 0 Å². The first-order valence-electron chi connectivity index (χ1n) is 5.29. The van der Waals surface area contributed by atoms with Crippen molar-refractivity contribution in [2.75, 3.05) is 0 Å². The summed E-state index contributed by atoms with van der Waals surface area (Å²) < 4.78 is 5.70. The summed E-state index contributed by atoms with van der Waals surface area (Å²) in [5.74, 6) is 0.877. The zero-order valence-corrected chi connectivity index (χ0v) is 11.7. The molecule has 0 amide bonds. The largest absolute Gasteiger partial charge is 0.436 e. The molecule has 2 rings (SSSR count). The molecule has 4 nitrogen and oxygen atoms in total. The molecule has 0 radical (unpaired) electrons. The van der Waals surface area contributed by atoms with E-state index in [4.69, 9.17) is 27.9 Å². The third-order valence-corrected chi connectivity index (χ3v) is 3.06. The molecule has 0 atom stereocenters. The summed E-state index contributed by atoms with van der Waals surface area (Å²) in [6.07, 6.45) is 0. The van der Waals surface area contributed by atoms with Crippen molar-refractivity contribution in [1.29, 1.82) is 0 Å². The Hall–Kier alpha value is -1.39. The van der Waals surface area contributed by atoms with Gasteiger partial charge in [0.15, 0.2) is 0 Å². The van der Waals surface area contributed by atoms with Gasteiger partial charge in [0.25, 0.3) is 5.88 Å². The molecule has 0 bridgehead atoms. The van der Waals surface area contributed by atoms with Crippen LogP contribution in [0.1, 0.15) is 16.7 Å². The lowest BCUT2D eigenvalue weighted by Crippen LogP contribution is -1.98. The molecule has 0 aliphatic rings. The molecule has 0 saturated carbocycles. The summed E-state index contributed by atoms with van der Waals surface area (Å²) >= 11 is 11.5. The lowest BCUT2D eigenvalue weighted by atomic mass is 10.1. The molecule has 1 aromatic heterocycles. The van der Waals surface area contributed by atoms with Crippen molar-refractivity contribution in [2.45, 2.75) is 20.8 Å². The highest BCUT2D eigenvalue weighted by atomic mass is 35.5. The smallest absolute Gasteiger partial charge is 0.262 e. The average Bonchev–Trinajstić information content (AvgIpc) is 2.34. The van der Waals surface area contributed by atoms with Crippen LogP contribution in [0.5, 0.6) is 11.6 Å². The van der Waals surface area contributed by atoms with Crippen molar-refractivity contribution >= 4 is 23.2 Å². The van der Waals surface area contributed by atoms with Gasteiger partial charge in [-0.1, -0.05) is 23.7 Å². The molecule has 0 spiro atoms. The van der Waals surface area contributed by atoms with Gasteiger partial charge in [-0.05, 0) is 49.1 Å². The summed E-state index contributed by atoms with van der Waals surface area (Å²) in [7, 11) is 0. The molecule has 94 valence electrons. The standard InChI is InChI=1S/C12H11Cl2N3O/c1-6-4-5-7(2)9(8(6)3)18-11-10(13)16-17-12(14)15-11/h4-5H,1-3H3. The highest BCUT2D eigenvalue weighted by molar-refractivity contribution is 6.31. The van der Waals surface area contributed by atoms with E-state index >= 15 is 0 Å². The van der Waals surface area contributed by atoms with Crippen LogP contribution < -0.4 is 4.74 Å². The fourth-order valence-corrected chi connectivity index (χ4v) is 1.76. The van der Waals surface area contributed by atoms with Gasteiger partial charge in [-0.25, -0.2) is 0 Å². The van der Waals surface area contributed by atoms with Gasteiger partial charge in [0, 0.05) is 0 Å². The fourth-order valence-electron chi connectivity index (χ4n) is 1.52. The van der Waals surface area contributed by atoms with E-state index in [0.717, 1.165) is 16.7 Å². The van der Waals surface area contributed by atoms with Gasteiger partial charge in [0.2, 0.25) is 10.4 Å². The first kappa shape index (κ1) is 13.1. The van der Waals surface area contributed by atoms with Crippen LogP contribution in [0, 0.1) is 20.8 Å². The van der Waals surface area contributed by atoms with Crippen molar-refractivity contribution in [2.24, 2.45) is 0 Å². The maximum absolute atomic E-state index is 5.87.